The van der Waals surface area contributed by atoms with Crippen molar-refractivity contribution in [2.75, 3.05) is 6.54 Å². The second-order valence-electron chi connectivity index (χ2n) is 4.73. The van der Waals surface area contributed by atoms with Crippen molar-refractivity contribution >= 4 is 0 Å². The quantitative estimate of drug-likeness (QED) is 0.800. The van der Waals surface area contributed by atoms with E-state index in [0.29, 0.717) is 5.92 Å². The molecule has 1 nitrogen and oxygen atoms in total. The maximum absolute atomic E-state index is 5.90. The van der Waals surface area contributed by atoms with Crippen molar-refractivity contribution in [3.63, 3.8) is 0 Å². The van der Waals surface area contributed by atoms with E-state index in [1.165, 1.54) is 37.7 Å². The highest BCUT2D eigenvalue weighted by Crippen LogP contribution is 2.32. The normalized spacial score (nSPS) is 19.3. The van der Waals surface area contributed by atoms with Gasteiger partial charge in [-0.1, -0.05) is 56.0 Å². The van der Waals surface area contributed by atoms with Crippen molar-refractivity contribution in [2.45, 2.75) is 32.1 Å². The fraction of sp³-hybridized carbons (Fsp3) is 0.571. The van der Waals surface area contributed by atoms with Gasteiger partial charge in [-0.05, 0) is 30.4 Å². The molecule has 0 saturated heterocycles. The van der Waals surface area contributed by atoms with Crippen LogP contribution in [-0.4, -0.2) is 6.54 Å². The summed E-state index contributed by atoms with van der Waals surface area (Å²) in [6.45, 7) is 0.847. The second-order valence-corrected chi connectivity index (χ2v) is 4.73. The van der Waals surface area contributed by atoms with Crippen molar-refractivity contribution in [3.8, 4) is 0 Å². The Bertz CT molecular complexity index is 275. The van der Waals surface area contributed by atoms with Crippen LogP contribution < -0.4 is 5.73 Å². The topological polar surface area (TPSA) is 26.0 Å². The molecular weight excluding hydrogens is 182 g/mol. The molecule has 1 aliphatic carbocycles. The molecule has 1 aromatic rings. The predicted octanol–water partition coefficient (Wildman–Crippen LogP) is 2.99. The van der Waals surface area contributed by atoms with Crippen molar-refractivity contribution in [3.05, 3.63) is 35.9 Å². The molecule has 1 heteroatoms. The minimum atomic E-state index is 0.704. The first-order chi connectivity index (χ1) is 7.40. The van der Waals surface area contributed by atoms with Crippen molar-refractivity contribution in [2.24, 2.45) is 17.6 Å². The molecule has 1 aromatic carbocycles. The maximum atomic E-state index is 5.90. The van der Waals surface area contributed by atoms with Crippen molar-refractivity contribution in [1.29, 1.82) is 0 Å². The molecule has 1 fully saturated rings. The van der Waals surface area contributed by atoms with Crippen LogP contribution in [0, 0.1) is 11.8 Å². The lowest BCUT2D eigenvalue weighted by atomic mass is 9.86. The van der Waals surface area contributed by atoms with Crippen molar-refractivity contribution in [1.82, 2.24) is 0 Å². The Morgan fingerprint density at radius 3 is 2.40 bits per heavy atom. The van der Waals surface area contributed by atoms with Gasteiger partial charge in [0, 0.05) is 0 Å². The third kappa shape index (κ3) is 2.82. The van der Waals surface area contributed by atoms with Gasteiger partial charge in [0.25, 0.3) is 0 Å². The monoisotopic (exact) mass is 203 g/mol. The van der Waals surface area contributed by atoms with Crippen LogP contribution in [0.3, 0.4) is 0 Å². The summed E-state index contributed by atoms with van der Waals surface area (Å²) in [7, 11) is 0. The fourth-order valence-corrected chi connectivity index (χ4v) is 2.79. The molecule has 1 aliphatic rings. The fourth-order valence-electron chi connectivity index (χ4n) is 2.79. The lowest BCUT2D eigenvalue weighted by Gasteiger charge is -2.21. The molecule has 1 saturated carbocycles. The van der Waals surface area contributed by atoms with Gasteiger partial charge in [0.15, 0.2) is 0 Å². The molecular formula is C14H21N. The van der Waals surface area contributed by atoms with Gasteiger partial charge in [-0.15, -0.1) is 0 Å². The van der Waals surface area contributed by atoms with E-state index in [-0.39, 0.29) is 0 Å². The van der Waals surface area contributed by atoms with E-state index >= 15 is 0 Å². The first-order valence-corrected chi connectivity index (χ1v) is 6.14. The molecule has 0 spiro atoms. The summed E-state index contributed by atoms with van der Waals surface area (Å²) in [5.41, 5.74) is 7.34. The molecule has 0 amide bonds. The van der Waals surface area contributed by atoms with E-state index < -0.39 is 0 Å². The number of hydrogen-bond donors (Lipinski definition) is 1. The molecule has 0 radical (unpaired) electrons. The van der Waals surface area contributed by atoms with Crippen LogP contribution >= 0.6 is 0 Å². The van der Waals surface area contributed by atoms with Gasteiger partial charge >= 0.3 is 0 Å². The smallest absolute Gasteiger partial charge is 0.00430 e. The van der Waals surface area contributed by atoms with Crippen LogP contribution in [0.1, 0.15) is 31.2 Å². The van der Waals surface area contributed by atoms with Crippen LogP contribution in [0.5, 0.6) is 0 Å². The zero-order valence-electron chi connectivity index (χ0n) is 9.36. The summed E-state index contributed by atoms with van der Waals surface area (Å²) in [4.78, 5) is 0. The van der Waals surface area contributed by atoms with Gasteiger partial charge in [-0.3, -0.25) is 0 Å². The van der Waals surface area contributed by atoms with Gasteiger partial charge in [0.2, 0.25) is 0 Å². The summed E-state index contributed by atoms with van der Waals surface area (Å²) in [5.74, 6) is 1.59. The van der Waals surface area contributed by atoms with Crippen molar-refractivity contribution < 1.29 is 0 Å². The van der Waals surface area contributed by atoms with Gasteiger partial charge in [0.05, 0.1) is 0 Å². The van der Waals surface area contributed by atoms with Gasteiger partial charge in [0.1, 0.15) is 0 Å². The van der Waals surface area contributed by atoms with E-state index in [4.69, 9.17) is 5.73 Å². The first-order valence-electron chi connectivity index (χ1n) is 6.14. The van der Waals surface area contributed by atoms with E-state index in [1.54, 1.807) is 0 Å². The molecule has 2 rings (SSSR count). The van der Waals surface area contributed by atoms with Crippen LogP contribution in [-0.2, 0) is 6.42 Å². The molecule has 0 aliphatic heterocycles. The van der Waals surface area contributed by atoms with E-state index in [2.05, 4.69) is 30.3 Å². The number of rotatable bonds is 4. The van der Waals surface area contributed by atoms with Crippen LogP contribution in [0.4, 0.5) is 0 Å². The highest BCUT2D eigenvalue weighted by Gasteiger charge is 2.23. The summed E-state index contributed by atoms with van der Waals surface area (Å²) in [6, 6.07) is 10.8. The minimum Gasteiger partial charge on any atom is -0.330 e. The molecule has 0 aromatic heterocycles. The average molecular weight is 203 g/mol. The highest BCUT2D eigenvalue weighted by atomic mass is 14.6. The number of nitrogens with two attached hydrogens (primary N) is 1. The molecule has 0 heterocycles. The van der Waals surface area contributed by atoms with Gasteiger partial charge in [-0.25, -0.2) is 0 Å². The Kier molecular flexibility index (Phi) is 3.79. The zero-order chi connectivity index (χ0) is 10.5. The molecule has 0 bridgehead atoms. The summed E-state index contributed by atoms with van der Waals surface area (Å²) >= 11 is 0. The highest BCUT2D eigenvalue weighted by molar-refractivity contribution is 5.15. The Balaban J connectivity index is 1.96. The zero-order valence-corrected chi connectivity index (χ0v) is 9.36. The molecule has 1 atom stereocenters. The predicted molar refractivity (Wildman–Crippen MR) is 64.6 cm³/mol. The third-order valence-electron chi connectivity index (χ3n) is 3.71. The Morgan fingerprint density at radius 2 is 1.80 bits per heavy atom. The lowest BCUT2D eigenvalue weighted by molar-refractivity contribution is 0.345. The summed E-state index contributed by atoms with van der Waals surface area (Å²) in [6.07, 6.45) is 6.79. The Morgan fingerprint density at radius 1 is 1.13 bits per heavy atom. The molecule has 15 heavy (non-hydrogen) atoms. The van der Waals surface area contributed by atoms with Crippen LogP contribution in [0.25, 0.3) is 0 Å². The molecule has 2 N–H and O–H groups in total. The van der Waals surface area contributed by atoms with Gasteiger partial charge < -0.3 is 5.73 Å². The second kappa shape index (κ2) is 5.32. The summed E-state index contributed by atoms with van der Waals surface area (Å²) < 4.78 is 0. The Hall–Kier alpha value is -0.820. The number of hydrogen-bond acceptors (Lipinski definition) is 1. The third-order valence-corrected chi connectivity index (χ3v) is 3.71. The average Bonchev–Trinajstić information content (AvgIpc) is 2.81. The molecule has 1 unspecified atom stereocenters. The van der Waals surface area contributed by atoms with Crippen LogP contribution in [0.15, 0.2) is 30.3 Å². The van der Waals surface area contributed by atoms with E-state index in [0.717, 1.165) is 12.5 Å². The Labute approximate surface area is 92.7 Å². The van der Waals surface area contributed by atoms with Crippen LogP contribution in [0.2, 0.25) is 0 Å². The summed E-state index contributed by atoms with van der Waals surface area (Å²) in [5, 5.41) is 0. The number of benzene rings is 1. The largest absolute Gasteiger partial charge is 0.330 e. The first kappa shape index (κ1) is 10.7. The SMILES string of the molecule is NCC(Cc1ccccc1)C1CCCC1. The van der Waals surface area contributed by atoms with E-state index in [1.807, 2.05) is 0 Å². The lowest BCUT2D eigenvalue weighted by Crippen LogP contribution is -2.23. The maximum Gasteiger partial charge on any atom is -0.00430 e. The van der Waals surface area contributed by atoms with E-state index in [9.17, 15) is 0 Å². The van der Waals surface area contributed by atoms with Gasteiger partial charge in [-0.2, -0.15) is 0 Å². The molecule has 82 valence electrons. The standard InChI is InChI=1S/C14H21N/c15-11-14(13-8-4-5-9-13)10-12-6-2-1-3-7-12/h1-3,6-7,13-14H,4-5,8-11,15H2. The minimum absolute atomic E-state index is 0.704.